The lowest BCUT2D eigenvalue weighted by Crippen LogP contribution is -2.19. The third-order valence-corrected chi connectivity index (χ3v) is 2.52. The van der Waals surface area contributed by atoms with E-state index in [1.807, 2.05) is 42.3 Å². The fourth-order valence-electron chi connectivity index (χ4n) is 1.73. The van der Waals surface area contributed by atoms with Crippen molar-refractivity contribution in [3.63, 3.8) is 0 Å². The summed E-state index contributed by atoms with van der Waals surface area (Å²) >= 11 is 0. The van der Waals surface area contributed by atoms with Gasteiger partial charge in [-0.25, -0.2) is 9.97 Å². The van der Waals surface area contributed by atoms with Gasteiger partial charge in [0.2, 0.25) is 0 Å². The number of hydrogen-bond donors (Lipinski definition) is 1. The van der Waals surface area contributed by atoms with Gasteiger partial charge in [0.25, 0.3) is 0 Å². The SMILES string of the molecule is CN(Cc1cccc(N)c1)c1nccnc1C#N. The summed E-state index contributed by atoms with van der Waals surface area (Å²) in [6.07, 6.45) is 3.09. The third kappa shape index (κ3) is 2.55. The van der Waals surface area contributed by atoms with Crippen LogP contribution in [-0.4, -0.2) is 17.0 Å². The van der Waals surface area contributed by atoms with Gasteiger partial charge in [-0.05, 0) is 17.7 Å². The van der Waals surface area contributed by atoms with Crippen LogP contribution >= 0.6 is 0 Å². The maximum atomic E-state index is 8.98. The first-order chi connectivity index (χ1) is 8.70. The number of rotatable bonds is 3. The summed E-state index contributed by atoms with van der Waals surface area (Å²) < 4.78 is 0. The van der Waals surface area contributed by atoms with Gasteiger partial charge in [-0.15, -0.1) is 0 Å². The van der Waals surface area contributed by atoms with Crippen molar-refractivity contribution in [2.45, 2.75) is 6.54 Å². The van der Waals surface area contributed by atoms with E-state index in [9.17, 15) is 0 Å². The van der Waals surface area contributed by atoms with Crippen LogP contribution in [0, 0.1) is 11.3 Å². The minimum atomic E-state index is 0.323. The zero-order valence-corrected chi connectivity index (χ0v) is 10.0. The fourth-order valence-corrected chi connectivity index (χ4v) is 1.73. The number of aromatic nitrogens is 2. The summed E-state index contributed by atoms with van der Waals surface area (Å²) in [6, 6.07) is 9.66. The molecule has 0 aliphatic rings. The van der Waals surface area contributed by atoms with Crippen LogP contribution in [-0.2, 0) is 6.54 Å². The molecule has 0 saturated heterocycles. The maximum Gasteiger partial charge on any atom is 0.183 e. The molecule has 0 bridgehead atoms. The Bertz CT molecular complexity index is 588. The van der Waals surface area contributed by atoms with Gasteiger partial charge < -0.3 is 10.6 Å². The predicted octanol–water partition coefficient (Wildman–Crippen LogP) is 1.57. The minimum absolute atomic E-state index is 0.323. The second-order valence-corrected chi connectivity index (χ2v) is 3.94. The molecule has 0 spiro atoms. The molecule has 0 saturated carbocycles. The van der Waals surface area contributed by atoms with E-state index < -0.39 is 0 Å². The van der Waals surface area contributed by atoms with E-state index in [-0.39, 0.29) is 0 Å². The van der Waals surface area contributed by atoms with E-state index in [4.69, 9.17) is 11.0 Å². The predicted molar refractivity (Wildman–Crippen MR) is 69.7 cm³/mol. The van der Waals surface area contributed by atoms with Crippen LogP contribution in [0.2, 0.25) is 0 Å². The van der Waals surface area contributed by atoms with Crippen LogP contribution in [0.3, 0.4) is 0 Å². The normalized spacial score (nSPS) is 9.78. The Morgan fingerprint density at radius 1 is 1.33 bits per heavy atom. The zero-order valence-electron chi connectivity index (χ0n) is 10.0. The van der Waals surface area contributed by atoms with Crippen LogP contribution in [0.1, 0.15) is 11.3 Å². The number of benzene rings is 1. The van der Waals surface area contributed by atoms with Crippen molar-refractivity contribution in [3.05, 3.63) is 47.9 Å². The number of nitrogens with zero attached hydrogens (tertiary/aromatic N) is 4. The van der Waals surface area contributed by atoms with E-state index in [1.165, 1.54) is 6.20 Å². The lowest BCUT2D eigenvalue weighted by Gasteiger charge is -2.18. The molecular weight excluding hydrogens is 226 g/mol. The molecule has 1 aromatic carbocycles. The Morgan fingerprint density at radius 3 is 2.83 bits per heavy atom. The van der Waals surface area contributed by atoms with Gasteiger partial charge in [-0.2, -0.15) is 5.26 Å². The van der Waals surface area contributed by atoms with Crippen LogP contribution < -0.4 is 10.6 Å². The van der Waals surface area contributed by atoms with Crippen molar-refractivity contribution in [1.29, 1.82) is 5.26 Å². The first kappa shape index (κ1) is 11.9. The van der Waals surface area contributed by atoms with Gasteiger partial charge in [0.1, 0.15) is 6.07 Å². The largest absolute Gasteiger partial charge is 0.399 e. The van der Waals surface area contributed by atoms with Crippen molar-refractivity contribution < 1.29 is 0 Å². The topological polar surface area (TPSA) is 78.8 Å². The van der Waals surface area contributed by atoms with Crippen LogP contribution in [0.4, 0.5) is 11.5 Å². The smallest absolute Gasteiger partial charge is 0.183 e. The summed E-state index contributed by atoms with van der Waals surface area (Å²) in [5, 5.41) is 8.98. The van der Waals surface area contributed by atoms with E-state index in [2.05, 4.69) is 9.97 Å². The molecule has 5 heteroatoms. The van der Waals surface area contributed by atoms with Crippen molar-refractivity contribution in [2.75, 3.05) is 17.7 Å². The van der Waals surface area contributed by atoms with Crippen LogP contribution in [0.25, 0.3) is 0 Å². The van der Waals surface area contributed by atoms with Crippen molar-refractivity contribution >= 4 is 11.5 Å². The maximum absolute atomic E-state index is 8.98. The summed E-state index contributed by atoms with van der Waals surface area (Å²) in [7, 11) is 1.87. The molecule has 90 valence electrons. The summed E-state index contributed by atoms with van der Waals surface area (Å²) in [4.78, 5) is 10.0. The molecule has 0 aliphatic carbocycles. The van der Waals surface area contributed by atoms with Gasteiger partial charge in [0, 0.05) is 31.7 Å². The molecule has 18 heavy (non-hydrogen) atoms. The minimum Gasteiger partial charge on any atom is -0.399 e. The molecule has 2 aromatic rings. The van der Waals surface area contributed by atoms with Crippen molar-refractivity contribution in [1.82, 2.24) is 9.97 Å². The monoisotopic (exact) mass is 239 g/mol. The first-order valence-electron chi connectivity index (χ1n) is 5.47. The Morgan fingerprint density at radius 2 is 2.11 bits per heavy atom. The highest BCUT2D eigenvalue weighted by atomic mass is 15.2. The Hall–Kier alpha value is -2.61. The highest BCUT2D eigenvalue weighted by Gasteiger charge is 2.09. The van der Waals surface area contributed by atoms with Crippen molar-refractivity contribution in [2.24, 2.45) is 0 Å². The standard InChI is InChI=1S/C13H13N5/c1-18(9-10-3-2-4-11(15)7-10)13-12(8-14)16-5-6-17-13/h2-7H,9,15H2,1H3. The lowest BCUT2D eigenvalue weighted by atomic mass is 10.2. The van der Waals surface area contributed by atoms with Crippen LogP contribution in [0.15, 0.2) is 36.7 Å². The molecule has 0 radical (unpaired) electrons. The average molecular weight is 239 g/mol. The lowest BCUT2D eigenvalue weighted by molar-refractivity contribution is 0.885. The molecule has 0 atom stereocenters. The molecule has 2 N–H and O–H groups in total. The molecule has 0 unspecified atom stereocenters. The summed E-state index contributed by atoms with van der Waals surface area (Å²) in [5.41, 5.74) is 7.84. The van der Waals surface area contributed by atoms with Crippen LogP contribution in [0.5, 0.6) is 0 Å². The molecule has 5 nitrogen and oxygen atoms in total. The fraction of sp³-hybridized carbons (Fsp3) is 0.154. The Labute approximate surface area is 106 Å². The second kappa shape index (κ2) is 5.15. The molecule has 0 aliphatic heterocycles. The molecule has 1 heterocycles. The number of nitrogens with two attached hydrogens (primary N) is 1. The first-order valence-corrected chi connectivity index (χ1v) is 5.47. The van der Waals surface area contributed by atoms with Gasteiger partial charge >= 0.3 is 0 Å². The van der Waals surface area contributed by atoms with Gasteiger partial charge in [0.15, 0.2) is 11.5 Å². The highest BCUT2D eigenvalue weighted by molar-refractivity contribution is 5.50. The third-order valence-electron chi connectivity index (χ3n) is 2.52. The molecule has 2 rings (SSSR count). The zero-order chi connectivity index (χ0) is 13.0. The van der Waals surface area contributed by atoms with Gasteiger partial charge in [0.05, 0.1) is 0 Å². The Kier molecular flexibility index (Phi) is 3.39. The Balaban J connectivity index is 2.22. The number of anilines is 2. The van der Waals surface area contributed by atoms with E-state index in [0.717, 1.165) is 11.3 Å². The van der Waals surface area contributed by atoms with Gasteiger partial charge in [-0.1, -0.05) is 12.1 Å². The number of nitrogen functional groups attached to an aromatic ring is 1. The second-order valence-electron chi connectivity index (χ2n) is 3.94. The quantitative estimate of drug-likeness (QED) is 0.822. The molecule has 0 fully saturated rings. The average Bonchev–Trinajstić information content (AvgIpc) is 2.38. The molecule has 0 amide bonds. The van der Waals surface area contributed by atoms with Crippen molar-refractivity contribution in [3.8, 4) is 6.07 Å². The summed E-state index contributed by atoms with van der Waals surface area (Å²) in [5.74, 6) is 0.572. The molecule has 1 aromatic heterocycles. The molecular formula is C13H13N5. The van der Waals surface area contributed by atoms with E-state index in [1.54, 1.807) is 6.20 Å². The summed E-state index contributed by atoms with van der Waals surface area (Å²) in [6.45, 7) is 0.623. The van der Waals surface area contributed by atoms with Gasteiger partial charge in [-0.3, -0.25) is 0 Å². The van der Waals surface area contributed by atoms with E-state index in [0.29, 0.717) is 18.1 Å². The highest BCUT2D eigenvalue weighted by Crippen LogP contribution is 2.16. The number of hydrogen-bond acceptors (Lipinski definition) is 5. The van der Waals surface area contributed by atoms with E-state index >= 15 is 0 Å². The number of nitriles is 1.